The fourth-order valence-electron chi connectivity index (χ4n) is 2.89. The highest BCUT2D eigenvalue weighted by Gasteiger charge is 2.24. The van der Waals surface area contributed by atoms with Gasteiger partial charge in [0, 0.05) is 43.5 Å². The summed E-state index contributed by atoms with van der Waals surface area (Å²) in [6.07, 6.45) is -0.284. The van der Waals surface area contributed by atoms with E-state index in [9.17, 15) is 13.6 Å². The molecule has 0 bridgehead atoms. The number of hydrogen-bond donors (Lipinski definition) is 0. The number of methoxy groups -OCH3 is 1. The van der Waals surface area contributed by atoms with Crippen LogP contribution < -0.4 is 9.64 Å². The molecule has 0 spiro atoms. The molecular weight excluding hydrogens is 342 g/mol. The molecule has 2 heterocycles. The monoisotopic (exact) mass is 362 g/mol. The third-order valence-corrected chi connectivity index (χ3v) is 4.33. The molecule has 1 aliphatic rings. The van der Waals surface area contributed by atoms with Crippen LogP contribution in [0.2, 0.25) is 0 Å². The number of carbonyl (C=O) groups excluding carboxylic acids is 1. The molecular formula is C18H20F2N4O2. The van der Waals surface area contributed by atoms with Crippen LogP contribution in [0, 0.1) is 18.6 Å². The summed E-state index contributed by atoms with van der Waals surface area (Å²) in [5.41, 5.74) is 0.604. The molecule has 3 rings (SSSR count). The maximum atomic E-state index is 13.7. The minimum Gasteiger partial charge on any atom is -0.481 e. The summed E-state index contributed by atoms with van der Waals surface area (Å²) in [6, 6.07) is 5.35. The largest absolute Gasteiger partial charge is 0.481 e. The van der Waals surface area contributed by atoms with E-state index in [1.807, 2.05) is 11.8 Å². The van der Waals surface area contributed by atoms with Gasteiger partial charge in [-0.25, -0.2) is 13.8 Å². The summed E-state index contributed by atoms with van der Waals surface area (Å²) < 4.78 is 32.6. The van der Waals surface area contributed by atoms with Gasteiger partial charge in [0.25, 0.3) is 0 Å². The molecule has 1 amide bonds. The number of piperazine rings is 1. The van der Waals surface area contributed by atoms with Crippen LogP contribution >= 0.6 is 0 Å². The second-order valence-corrected chi connectivity index (χ2v) is 6.10. The van der Waals surface area contributed by atoms with Crippen molar-refractivity contribution in [2.75, 3.05) is 38.2 Å². The number of halogens is 2. The molecule has 0 unspecified atom stereocenters. The molecule has 2 aromatic rings. The van der Waals surface area contributed by atoms with Crippen molar-refractivity contribution in [3.63, 3.8) is 0 Å². The average molecular weight is 362 g/mol. The number of nitrogens with zero attached hydrogens (tertiary/aromatic N) is 4. The third kappa shape index (κ3) is 3.89. The fraction of sp³-hybridized carbons (Fsp3) is 0.389. The predicted octanol–water partition coefficient (Wildman–Crippen LogP) is 1.96. The zero-order valence-corrected chi connectivity index (χ0v) is 14.7. The van der Waals surface area contributed by atoms with E-state index in [2.05, 4.69) is 9.97 Å². The lowest BCUT2D eigenvalue weighted by Gasteiger charge is -2.35. The second-order valence-electron chi connectivity index (χ2n) is 6.10. The summed E-state index contributed by atoms with van der Waals surface area (Å²) in [6.45, 7) is 3.82. The van der Waals surface area contributed by atoms with Gasteiger partial charge >= 0.3 is 0 Å². The molecule has 0 atom stereocenters. The Bertz CT molecular complexity index is 788. The van der Waals surface area contributed by atoms with Crippen LogP contribution in [0.25, 0.3) is 0 Å². The number of amides is 1. The molecule has 26 heavy (non-hydrogen) atoms. The topological polar surface area (TPSA) is 58.6 Å². The Morgan fingerprint density at radius 2 is 1.81 bits per heavy atom. The lowest BCUT2D eigenvalue weighted by molar-refractivity contribution is -0.130. The summed E-state index contributed by atoms with van der Waals surface area (Å²) in [5, 5.41) is 0. The molecule has 0 radical (unpaired) electrons. The summed E-state index contributed by atoms with van der Waals surface area (Å²) in [4.78, 5) is 24.7. The predicted molar refractivity (Wildman–Crippen MR) is 92.2 cm³/mol. The number of hydrogen-bond acceptors (Lipinski definition) is 5. The Kier molecular flexibility index (Phi) is 5.29. The van der Waals surface area contributed by atoms with Gasteiger partial charge in [-0.05, 0) is 19.1 Å². The molecule has 1 saturated heterocycles. The lowest BCUT2D eigenvalue weighted by atomic mass is 10.1. The van der Waals surface area contributed by atoms with Crippen LogP contribution in [-0.4, -0.2) is 54.1 Å². The number of ether oxygens (including phenoxy) is 1. The Morgan fingerprint density at radius 3 is 2.42 bits per heavy atom. The molecule has 138 valence electrons. The normalized spacial score (nSPS) is 14.5. The van der Waals surface area contributed by atoms with E-state index in [4.69, 9.17) is 4.74 Å². The Morgan fingerprint density at radius 1 is 1.15 bits per heavy atom. The van der Waals surface area contributed by atoms with Crippen LogP contribution in [-0.2, 0) is 11.2 Å². The van der Waals surface area contributed by atoms with Crippen molar-refractivity contribution in [3.8, 4) is 5.88 Å². The van der Waals surface area contributed by atoms with Crippen molar-refractivity contribution >= 4 is 11.9 Å². The average Bonchev–Trinajstić information content (AvgIpc) is 2.64. The molecule has 6 nitrogen and oxygen atoms in total. The number of anilines is 1. The quantitative estimate of drug-likeness (QED) is 0.832. The van der Waals surface area contributed by atoms with Crippen LogP contribution in [0.15, 0.2) is 24.3 Å². The maximum absolute atomic E-state index is 13.7. The van der Waals surface area contributed by atoms with Gasteiger partial charge in [0.15, 0.2) is 0 Å². The Labute approximate surface area is 150 Å². The van der Waals surface area contributed by atoms with E-state index in [0.717, 1.165) is 17.8 Å². The van der Waals surface area contributed by atoms with Gasteiger partial charge in [-0.3, -0.25) is 4.79 Å². The molecule has 1 aromatic carbocycles. The van der Waals surface area contributed by atoms with Gasteiger partial charge in [-0.2, -0.15) is 4.98 Å². The first-order valence-corrected chi connectivity index (χ1v) is 8.33. The van der Waals surface area contributed by atoms with Crippen molar-refractivity contribution in [2.45, 2.75) is 13.3 Å². The molecule has 8 heteroatoms. The zero-order chi connectivity index (χ0) is 18.7. The number of benzene rings is 1. The van der Waals surface area contributed by atoms with Crippen molar-refractivity contribution in [1.29, 1.82) is 0 Å². The smallest absolute Gasteiger partial charge is 0.228 e. The van der Waals surface area contributed by atoms with Crippen LogP contribution in [0.5, 0.6) is 5.88 Å². The number of rotatable bonds is 4. The highest BCUT2D eigenvalue weighted by Crippen LogP contribution is 2.18. The van der Waals surface area contributed by atoms with Gasteiger partial charge in [0.1, 0.15) is 11.6 Å². The van der Waals surface area contributed by atoms with E-state index in [0.29, 0.717) is 38.0 Å². The van der Waals surface area contributed by atoms with Gasteiger partial charge < -0.3 is 14.5 Å². The zero-order valence-electron chi connectivity index (χ0n) is 14.7. The summed E-state index contributed by atoms with van der Waals surface area (Å²) in [5.74, 6) is -0.652. The highest BCUT2D eigenvalue weighted by atomic mass is 19.1. The molecule has 1 aromatic heterocycles. The minimum absolute atomic E-state index is 0.188. The summed E-state index contributed by atoms with van der Waals surface area (Å²) in [7, 11) is 1.55. The summed E-state index contributed by atoms with van der Waals surface area (Å²) >= 11 is 0. The fourth-order valence-corrected chi connectivity index (χ4v) is 2.89. The van der Waals surface area contributed by atoms with Gasteiger partial charge in [0.2, 0.25) is 17.7 Å². The second kappa shape index (κ2) is 7.63. The number of aryl methyl sites for hydroxylation is 1. The van der Waals surface area contributed by atoms with E-state index < -0.39 is 11.6 Å². The standard InChI is InChI=1S/C18H20F2N4O2/c1-12-10-16(26-2)22-18(21-12)24-8-6-23(7-9-24)17(25)11-13-14(19)4-3-5-15(13)20/h3-5,10H,6-9,11H2,1-2H3. The maximum Gasteiger partial charge on any atom is 0.228 e. The Balaban J connectivity index is 1.63. The van der Waals surface area contributed by atoms with Crippen molar-refractivity contribution in [3.05, 3.63) is 47.2 Å². The van der Waals surface area contributed by atoms with E-state index in [1.165, 1.54) is 6.07 Å². The van der Waals surface area contributed by atoms with E-state index >= 15 is 0 Å². The van der Waals surface area contributed by atoms with Crippen molar-refractivity contribution < 1.29 is 18.3 Å². The molecule has 1 fully saturated rings. The van der Waals surface area contributed by atoms with E-state index in [1.54, 1.807) is 18.1 Å². The van der Waals surface area contributed by atoms with Crippen LogP contribution in [0.1, 0.15) is 11.3 Å². The molecule has 0 aliphatic carbocycles. The van der Waals surface area contributed by atoms with Crippen LogP contribution in [0.4, 0.5) is 14.7 Å². The van der Waals surface area contributed by atoms with Crippen LogP contribution in [0.3, 0.4) is 0 Å². The first kappa shape index (κ1) is 18.0. The highest BCUT2D eigenvalue weighted by molar-refractivity contribution is 5.79. The van der Waals surface area contributed by atoms with E-state index in [-0.39, 0.29) is 17.9 Å². The number of carbonyl (C=O) groups is 1. The van der Waals surface area contributed by atoms with Crippen molar-refractivity contribution in [1.82, 2.24) is 14.9 Å². The van der Waals surface area contributed by atoms with Gasteiger partial charge in [0.05, 0.1) is 13.5 Å². The number of aromatic nitrogens is 2. The molecule has 0 N–H and O–H groups in total. The van der Waals surface area contributed by atoms with Crippen molar-refractivity contribution in [2.24, 2.45) is 0 Å². The SMILES string of the molecule is COc1cc(C)nc(N2CCN(C(=O)Cc3c(F)cccc3F)CC2)n1. The van der Waals surface area contributed by atoms with Gasteiger partial charge in [-0.1, -0.05) is 6.07 Å². The Hall–Kier alpha value is -2.77. The minimum atomic E-state index is -0.697. The lowest BCUT2D eigenvalue weighted by Crippen LogP contribution is -2.49. The molecule has 0 saturated carbocycles. The van der Waals surface area contributed by atoms with Gasteiger partial charge in [-0.15, -0.1) is 0 Å². The first-order valence-electron chi connectivity index (χ1n) is 8.33. The third-order valence-electron chi connectivity index (χ3n) is 4.33. The molecule has 1 aliphatic heterocycles. The first-order chi connectivity index (χ1) is 12.5.